The van der Waals surface area contributed by atoms with Gasteiger partial charge < -0.3 is 15.7 Å². The Hall–Kier alpha value is -2.34. The Morgan fingerprint density at radius 1 is 1.42 bits per heavy atom. The van der Waals surface area contributed by atoms with Crippen molar-refractivity contribution < 1.29 is 14.3 Å². The number of hydrogen-bond acceptors (Lipinski definition) is 4. The van der Waals surface area contributed by atoms with Crippen LogP contribution in [-0.2, 0) is 0 Å². The lowest BCUT2D eigenvalue weighted by Gasteiger charge is -2.09. The number of rotatable bonds is 3. The molecule has 0 saturated heterocycles. The third-order valence-electron chi connectivity index (χ3n) is 2.26. The molecule has 7 heteroatoms. The molecule has 19 heavy (non-hydrogen) atoms. The van der Waals surface area contributed by atoms with Gasteiger partial charge in [0.2, 0.25) is 5.88 Å². The average molecular weight is 282 g/mol. The molecule has 0 aliphatic carbocycles. The van der Waals surface area contributed by atoms with Crippen molar-refractivity contribution in [1.82, 2.24) is 4.98 Å². The van der Waals surface area contributed by atoms with E-state index in [-0.39, 0.29) is 22.5 Å². The normalized spacial score (nSPS) is 11.4. The maximum atomic E-state index is 13.0. The molecule has 1 aromatic carbocycles. The predicted octanol–water partition coefficient (Wildman–Crippen LogP) is 2.76. The first-order valence-electron chi connectivity index (χ1n) is 5.17. The van der Waals surface area contributed by atoms with Gasteiger partial charge in [0.05, 0.1) is 10.6 Å². The van der Waals surface area contributed by atoms with E-state index in [0.29, 0.717) is 5.56 Å². The number of ether oxygens (including phenoxy) is 1. The zero-order chi connectivity index (χ0) is 13.8. The minimum absolute atomic E-state index is 0.0706. The Kier molecular flexibility index (Phi) is 3.82. The van der Waals surface area contributed by atoms with Crippen LogP contribution in [0.2, 0.25) is 5.02 Å². The number of nitrogens with two attached hydrogens (primary N) is 1. The van der Waals surface area contributed by atoms with Crippen LogP contribution in [0.15, 0.2) is 41.7 Å². The zero-order valence-corrected chi connectivity index (χ0v) is 10.3. The number of aromatic nitrogens is 1. The smallest absolute Gasteiger partial charge is 0.230 e. The van der Waals surface area contributed by atoms with E-state index in [1.54, 1.807) is 12.1 Å². The van der Waals surface area contributed by atoms with Crippen LogP contribution in [0.25, 0.3) is 0 Å². The van der Waals surface area contributed by atoms with Crippen molar-refractivity contribution in [3.8, 4) is 11.6 Å². The first kappa shape index (κ1) is 13.1. The maximum Gasteiger partial charge on any atom is 0.230 e. The van der Waals surface area contributed by atoms with E-state index in [1.165, 1.54) is 24.4 Å². The third-order valence-corrected chi connectivity index (χ3v) is 2.55. The molecule has 0 fully saturated rings. The highest BCUT2D eigenvalue weighted by Gasteiger charge is 2.11. The molecule has 1 aromatic heterocycles. The summed E-state index contributed by atoms with van der Waals surface area (Å²) in [5.41, 5.74) is 5.81. The Labute approximate surface area is 113 Å². The lowest BCUT2D eigenvalue weighted by Crippen LogP contribution is -2.14. The molecule has 0 radical (unpaired) electrons. The first-order valence-corrected chi connectivity index (χ1v) is 5.55. The van der Waals surface area contributed by atoms with Gasteiger partial charge in [0.25, 0.3) is 0 Å². The van der Waals surface area contributed by atoms with Crippen LogP contribution in [0.5, 0.6) is 11.6 Å². The Balaban J connectivity index is 2.35. The van der Waals surface area contributed by atoms with E-state index in [4.69, 9.17) is 27.3 Å². The van der Waals surface area contributed by atoms with Crippen molar-refractivity contribution >= 4 is 17.4 Å². The minimum Gasteiger partial charge on any atom is -0.438 e. The van der Waals surface area contributed by atoms with Crippen molar-refractivity contribution in [2.45, 2.75) is 0 Å². The SMILES string of the molecule is N/C(=N/O)c1cccnc1Oc1ccc(F)c(Cl)c1. The molecular weight excluding hydrogens is 273 g/mol. The standard InChI is InChI=1S/C12H9ClFN3O2/c13-9-6-7(3-4-10(9)14)19-12-8(11(15)17-18)2-1-5-16-12/h1-6,18H,(H2,15,17). The molecule has 0 amide bonds. The van der Waals surface area contributed by atoms with Gasteiger partial charge in [0.15, 0.2) is 5.84 Å². The highest BCUT2D eigenvalue weighted by atomic mass is 35.5. The van der Waals surface area contributed by atoms with Crippen molar-refractivity contribution in [2.75, 3.05) is 0 Å². The molecule has 0 bridgehead atoms. The summed E-state index contributed by atoms with van der Waals surface area (Å²) in [6, 6.07) is 7.05. The van der Waals surface area contributed by atoms with Crippen molar-refractivity contribution in [1.29, 1.82) is 0 Å². The molecule has 0 aliphatic rings. The Morgan fingerprint density at radius 2 is 2.21 bits per heavy atom. The molecule has 2 aromatic rings. The number of benzene rings is 1. The van der Waals surface area contributed by atoms with Crippen LogP contribution in [0, 0.1) is 5.82 Å². The summed E-state index contributed by atoms with van der Waals surface area (Å²) in [6.45, 7) is 0. The second kappa shape index (κ2) is 5.53. The molecular formula is C12H9ClFN3O2. The quantitative estimate of drug-likeness (QED) is 0.392. The summed E-state index contributed by atoms with van der Waals surface area (Å²) in [4.78, 5) is 3.96. The van der Waals surface area contributed by atoms with Gasteiger partial charge in [0, 0.05) is 12.3 Å². The van der Waals surface area contributed by atoms with E-state index >= 15 is 0 Å². The van der Waals surface area contributed by atoms with E-state index in [0.717, 1.165) is 0 Å². The molecule has 5 nitrogen and oxygen atoms in total. The fourth-order valence-electron chi connectivity index (χ4n) is 1.37. The van der Waals surface area contributed by atoms with Gasteiger partial charge in [-0.05, 0) is 24.3 Å². The lowest BCUT2D eigenvalue weighted by atomic mass is 10.2. The number of oxime groups is 1. The topological polar surface area (TPSA) is 80.7 Å². The maximum absolute atomic E-state index is 13.0. The van der Waals surface area contributed by atoms with Crippen LogP contribution >= 0.6 is 11.6 Å². The van der Waals surface area contributed by atoms with E-state index in [9.17, 15) is 4.39 Å². The molecule has 0 saturated carbocycles. The molecule has 0 atom stereocenters. The largest absolute Gasteiger partial charge is 0.438 e. The van der Waals surface area contributed by atoms with Crippen LogP contribution < -0.4 is 10.5 Å². The van der Waals surface area contributed by atoms with Crippen molar-refractivity contribution in [2.24, 2.45) is 10.9 Å². The summed E-state index contributed by atoms with van der Waals surface area (Å²) in [6.07, 6.45) is 1.48. The van der Waals surface area contributed by atoms with Crippen LogP contribution in [0.4, 0.5) is 4.39 Å². The van der Waals surface area contributed by atoms with Gasteiger partial charge in [-0.3, -0.25) is 0 Å². The van der Waals surface area contributed by atoms with E-state index < -0.39 is 5.82 Å². The predicted molar refractivity (Wildman–Crippen MR) is 68.2 cm³/mol. The molecule has 3 N–H and O–H groups in total. The summed E-state index contributed by atoms with van der Waals surface area (Å²) in [5, 5.41) is 11.5. The summed E-state index contributed by atoms with van der Waals surface area (Å²) < 4.78 is 18.5. The summed E-state index contributed by atoms with van der Waals surface area (Å²) >= 11 is 5.65. The van der Waals surface area contributed by atoms with Gasteiger partial charge in [-0.2, -0.15) is 0 Å². The molecule has 0 spiro atoms. The van der Waals surface area contributed by atoms with Crippen molar-refractivity contribution in [3.05, 3.63) is 52.9 Å². The van der Waals surface area contributed by atoms with Gasteiger partial charge in [-0.15, -0.1) is 0 Å². The minimum atomic E-state index is -0.549. The number of amidine groups is 1. The molecule has 1 heterocycles. The number of hydrogen-bond donors (Lipinski definition) is 2. The van der Waals surface area contributed by atoms with Gasteiger partial charge in [0.1, 0.15) is 11.6 Å². The summed E-state index contributed by atoms with van der Waals surface area (Å²) in [5.74, 6) is -0.277. The van der Waals surface area contributed by atoms with E-state index in [1.807, 2.05) is 0 Å². The number of pyridine rings is 1. The summed E-state index contributed by atoms with van der Waals surface area (Å²) in [7, 11) is 0. The number of halogens is 2. The average Bonchev–Trinajstić information content (AvgIpc) is 2.43. The molecule has 2 rings (SSSR count). The van der Waals surface area contributed by atoms with Crippen molar-refractivity contribution in [3.63, 3.8) is 0 Å². The third kappa shape index (κ3) is 2.92. The molecule has 0 aliphatic heterocycles. The lowest BCUT2D eigenvalue weighted by molar-refractivity contribution is 0.318. The zero-order valence-electron chi connectivity index (χ0n) is 9.55. The van der Waals surface area contributed by atoms with Gasteiger partial charge in [-0.25, -0.2) is 9.37 Å². The fourth-order valence-corrected chi connectivity index (χ4v) is 1.54. The second-order valence-electron chi connectivity index (χ2n) is 3.52. The first-order chi connectivity index (χ1) is 9.11. The van der Waals surface area contributed by atoms with E-state index in [2.05, 4.69) is 10.1 Å². The van der Waals surface area contributed by atoms with Gasteiger partial charge in [-0.1, -0.05) is 16.8 Å². The molecule has 0 unspecified atom stereocenters. The Morgan fingerprint density at radius 3 is 2.89 bits per heavy atom. The van der Waals surface area contributed by atoms with Crippen LogP contribution in [0.3, 0.4) is 0 Å². The fraction of sp³-hybridized carbons (Fsp3) is 0. The number of nitrogens with zero attached hydrogens (tertiary/aromatic N) is 2. The highest BCUT2D eigenvalue weighted by molar-refractivity contribution is 6.30. The van der Waals surface area contributed by atoms with Crippen LogP contribution in [0.1, 0.15) is 5.56 Å². The second-order valence-corrected chi connectivity index (χ2v) is 3.93. The van der Waals surface area contributed by atoms with Gasteiger partial charge >= 0.3 is 0 Å². The van der Waals surface area contributed by atoms with Crippen LogP contribution in [-0.4, -0.2) is 16.0 Å². The highest BCUT2D eigenvalue weighted by Crippen LogP contribution is 2.26. The monoisotopic (exact) mass is 281 g/mol. The Bertz CT molecular complexity index is 634. The molecule has 98 valence electrons.